The van der Waals surface area contributed by atoms with Crippen LogP contribution in [0.15, 0.2) is 254 Å². The van der Waals surface area contributed by atoms with E-state index in [1.165, 1.54) is 80.7 Å². The summed E-state index contributed by atoms with van der Waals surface area (Å²) >= 11 is 0. The molecule has 3 nitrogen and oxygen atoms in total. The highest BCUT2D eigenvalue weighted by Crippen LogP contribution is 2.40. The molecule has 0 aliphatic carbocycles. The molecule has 0 N–H and O–H groups in total. The van der Waals surface area contributed by atoms with Gasteiger partial charge in [0.15, 0.2) is 8.07 Å². The molecule has 0 bridgehead atoms. The lowest BCUT2D eigenvalue weighted by Gasteiger charge is -2.35. The summed E-state index contributed by atoms with van der Waals surface area (Å²) in [4.78, 5) is 0. The Labute approximate surface area is 379 Å². The van der Waals surface area contributed by atoms with E-state index < -0.39 is 8.07 Å². The van der Waals surface area contributed by atoms with Crippen LogP contribution in [0.1, 0.15) is 6.92 Å². The van der Waals surface area contributed by atoms with Gasteiger partial charge < -0.3 is 13.7 Å². The molecule has 12 aromatic rings. The molecule has 0 saturated heterocycles. The summed E-state index contributed by atoms with van der Waals surface area (Å²) < 4.78 is 7.36. The van der Waals surface area contributed by atoms with Crippen molar-refractivity contribution in [3.8, 4) is 17.1 Å². The molecule has 9 aromatic carbocycles. The van der Waals surface area contributed by atoms with Gasteiger partial charge in [-0.05, 0) is 88.3 Å². The van der Waals surface area contributed by atoms with E-state index in [0.29, 0.717) is 0 Å². The molecule has 0 fully saturated rings. The third-order valence-corrected chi connectivity index (χ3v) is 18.3. The second kappa shape index (κ2) is 15.6. The number of para-hydroxylation sites is 6. The Morgan fingerprint density at radius 2 is 0.785 bits per heavy atom. The number of rotatable bonds is 9. The lowest BCUT2D eigenvalue weighted by atomic mass is 10.1. The standard InChI is InChI=1S/C61H45N3Si/c1-3-5-22-44(4-2)65(45-23-8-6-9-24-45,46-25-10-7-11-26-46)47-38-40-59-53(42-47)51-30-15-19-34-57(51)64(59)61-36-21-20-35-60(61)63-56-33-18-14-29-50(56)52-41-43(37-39-58(52)63)62-54-31-16-12-27-48(54)49-28-13-17-32-55(49)62/h3-42H,2H2,1H3/b5-3-,44-22+. The molecule has 308 valence electrons. The third kappa shape index (κ3) is 5.81. The quantitative estimate of drug-likeness (QED) is 0.0781. The Kier molecular flexibility index (Phi) is 9.21. The van der Waals surface area contributed by atoms with E-state index in [1.807, 2.05) is 0 Å². The van der Waals surface area contributed by atoms with Gasteiger partial charge in [-0.3, -0.25) is 0 Å². The maximum atomic E-state index is 4.46. The van der Waals surface area contributed by atoms with E-state index in [-0.39, 0.29) is 0 Å². The monoisotopic (exact) mass is 847 g/mol. The van der Waals surface area contributed by atoms with Crippen molar-refractivity contribution in [2.45, 2.75) is 6.92 Å². The maximum absolute atomic E-state index is 4.46. The summed E-state index contributed by atoms with van der Waals surface area (Å²) in [5.41, 5.74) is 10.5. The van der Waals surface area contributed by atoms with Crippen LogP contribution in [0, 0.1) is 0 Å². The second-order valence-electron chi connectivity index (χ2n) is 16.8. The first-order valence-corrected chi connectivity index (χ1v) is 24.4. The van der Waals surface area contributed by atoms with Crippen LogP contribution < -0.4 is 15.6 Å². The van der Waals surface area contributed by atoms with Gasteiger partial charge in [-0.1, -0.05) is 189 Å². The lowest BCUT2D eigenvalue weighted by Crippen LogP contribution is -2.68. The highest BCUT2D eigenvalue weighted by molar-refractivity contribution is 7.16. The molecule has 0 radical (unpaired) electrons. The molecule has 0 spiro atoms. The van der Waals surface area contributed by atoms with E-state index in [9.17, 15) is 0 Å². The highest BCUT2D eigenvalue weighted by atomic mass is 28.3. The van der Waals surface area contributed by atoms with Crippen molar-refractivity contribution in [3.05, 3.63) is 254 Å². The van der Waals surface area contributed by atoms with Crippen LogP contribution in [0.2, 0.25) is 0 Å². The molecule has 3 aromatic heterocycles. The van der Waals surface area contributed by atoms with Crippen molar-refractivity contribution in [1.82, 2.24) is 13.7 Å². The number of hydrogen-bond donors (Lipinski definition) is 0. The van der Waals surface area contributed by atoms with Crippen molar-refractivity contribution in [2.24, 2.45) is 0 Å². The zero-order chi connectivity index (χ0) is 43.5. The zero-order valence-electron chi connectivity index (χ0n) is 36.1. The number of fused-ring (bicyclic) bond motifs is 9. The fraction of sp³-hybridized carbons (Fsp3) is 0.0164. The van der Waals surface area contributed by atoms with Crippen molar-refractivity contribution in [2.75, 3.05) is 0 Å². The van der Waals surface area contributed by atoms with Crippen LogP contribution in [-0.2, 0) is 0 Å². The Balaban J connectivity index is 1.10. The zero-order valence-corrected chi connectivity index (χ0v) is 37.1. The molecular weight excluding hydrogens is 803 g/mol. The van der Waals surface area contributed by atoms with Gasteiger partial charge in [-0.25, -0.2) is 0 Å². The van der Waals surface area contributed by atoms with Crippen LogP contribution in [0.4, 0.5) is 0 Å². The van der Waals surface area contributed by atoms with E-state index in [4.69, 9.17) is 0 Å². The van der Waals surface area contributed by atoms with Gasteiger partial charge in [0.25, 0.3) is 0 Å². The van der Waals surface area contributed by atoms with Crippen molar-refractivity contribution in [3.63, 3.8) is 0 Å². The first-order chi connectivity index (χ1) is 32.2. The third-order valence-electron chi connectivity index (χ3n) is 13.5. The van der Waals surface area contributed by atoms with Gasteiger partial charge in [0.05, 0.1) is 44.5 Å². The Bertz CT molecular complexity index is 3770. The predicted octanol–water partition coefficient (Wildman–Crippen LogP) is 13.7. The normalized spacial score (nSPS) is 12.5. The molecule has 0 aliphatic heterocycles. The fourth-order valence-electron chi connectivity index (χ4n) is 10.8. The molecule has 0 unspecified atom stereocenters. The molecule has 0 aliphatic rings. The van der Waals surface area contributed by atoms with E-state index in [1.54, 1.807) is 0 Å². The Hall–Kier alpha value is -8.18. The summed E-state index contributed by atoms with van der Waals surface area (Å²) in [6.07, 6.45) is 8.63. The summed E-state index contributed by atoms with van der Waals surface area (Å²) in [6.45, 7) is 6.53. The summed E-state index contributed by atoms with van der Waals surface area (Å²) in [5, 5.41) is 12.6. The lowest BCUT2D eigenvalue weighted by molar-refractivity contribution is 1.09. The Morgan fingerprint density at radius 3 is 1.28 bits per heavy atom. The largest absolute Gasteiger partial charge is 0.309 e. The average molecular weight is 848 g/mol. The minimum absolute atomic E-state index is 1.12. The SMILES string of the molecule is C=C/C(=C\C=C/C)[Si](c1ccccc1)(c1ccccc1)c1ccc2c(c1)c1ccccc1n2-c1ccccc1-n1c2ccccc2c2cc(-n3c4ccccc4c4ccccc43)ccc21. The van der Waals surface area contributed by atoms with Crippen LogP contribution in [0.25, 0.3) is 82.5 Å². The van der Waals surface area contributed by atoms with Crippen LogP contribution in [-0.4, -0.2) is 21.8 Å². The molecule has 65 heavy (non-hydrogen) atoms. The second-order valence-corrected chi connectivity index (χ2v) is 20.6. The topological polar surface area (TPSA) is 14.8 Å². The number of hydrogen-bond acceptors (Lipinski definition) is 0. The van der Waals surface area contributed by atoms with Crippen molar-refractivity contribution < 1.29 is 0 Å². The van der Waals surface area contributed by atoms with E-state index >= 15 is 0 Å². The van der Waals surface area contributed by atoms with Crippen LogP contribution in [0.5, 0.6) is 0 Å². The van der Waals surface area contributed by atoms with Gasteiger partial charge in [0.2, 0.25) is 0 Å². The average Bonchev–Trinajstić information content (AvgIpc) is 4.01. The van der Waals surface area contributed by atoms with Gasteiger partial charge in [-0.2, -0.15) is 0 Å². The fourth-order valence-corrected chi connectivity index (χ4v) is 15.5. The summed E-state index contributed by atoms with van der Waals surface area (Å²) in [6, 6.07) is 80.6. The minimum atomic E-state index is -2.86. The number of aromatic nitrogens is 3. The van der Waals surface area contributed by atoms with E-state index in [2.05, 4.69) is 270 Å². The van der Waals surface area contributed by atoms with Gasteiger partial charge in [0, 0.05) is 38.0 Å². The molecule has 0 atom stereocenters. The summed E-state index contributed by atoms with van der Waals surface area (Å²) in [5.74, 6) is 0. The minimum Gasteiger partial charge on any atom is -0.309 e. The van der Waals surface area contributed by atoms with Gasteiger partial charge >= 0.3 is 0 Å². The molecule has 0 saturated carbocycles. The van der Waals surface area contributed by atoms with Gasteiger partial charge in [-0.15, -0.1) is 0 Å². The van der Waals surface area contributed by atoms with Crippen LogP contribution in [0.3, 0.4) is 0 Å². The van der Waals surface area contributed by atoms with Gasteiger partial charge in [0.1, 0.15) is 0 Å². The molecular formula is C61H45N3Si. The molecule has 12 rings (SSSR count). The maximum Gasteiger partial charge on any atom is 0.179 e. The smallest absolute Gasteiger partial charge is 0.179 e. The molecule has 0 amide bonds. The van der Waals surface area contributed by atoms with Crippen LogP contribution >= 0.6 is 0 Å². The number of benzene rings is 9. The first-order valence-electron chi connectivity index (χ1n) is 22.4. The molecule has 4 heteroatoms. The summed E-state index contributed by atoms with van der Waals surface area (Å²) in [7, 11) is -2.86. The molecule has 3 heterocycles. The number of nitrogens with zero attached hydrogens (tertiary/aromatic N) is 3. The van der Waals surface area contributed by atoms with Crippen molar-refractivity contribution >= 4 is 89.1 Å². The highest BCUT2D eigenvalue weighted by Gasteiger charge is 2.42. The van der Waals surface area contributed by atoms with E-state index in [0.717, 1.165) is 22.6 Å². The Morgan fingerprint density at radius 1 is 0.385 bits per heavy atom. The first kappa shape index (κ1) is 38.5. The number of allylic oxidation sites excluding steroid dienone is 5. The predicted molar refractivity (Wildman–Crippen MR) is 280 cm³/mol. The van der Waals surface area contributed by atoms with Crippen molar-refractivity contribution in [1.29, 1.82) is 0 Å².